The maximum Gasteiger partial charge on any atom is 0.253 e. The molecule has 0 unspecified atom stereocenters. The van der Waals surface area contributed by atoms with E-state index in [4.69, 9.17) is 11.6 Å². The molecule has 7 nitrogen and oxygen atoms in total. The molecule has 0 saturated carbocycles. The maximum absolute atomic E-state index is 12.8. The van der Waals surface area contributed by atoms with Crippen LogP contribution in [0.1, 0.15) is 33.9 Å². The van der Waals surface area contributed by atoms with Gasteiger partial charge in [-0.3, -0.25) is 14.3 Å². The van der Waals surface area contributed by atoms with Crippen LogP contribution in [0.3, 0.4) is 0 Å². The van der Waals surface area contributed by atoms with Crippen LogP contribution in [0.2, 0.25) is 5.02 Å². The Bertz CT molecular complexity index is 1220. The summed E-state index contributed by atoms with van der Waals surface area (Å²) in [7, 11) is -3.35. The third kappa shape index (κ3) is 7.62. The van der Waals surface area contributed by atoms with Crippen molar-refractivity contribution < 1.29 is 18.0 Å². The van der Waals surface area contributed by atoms with Gasteiger partial charge in [-0.25, -0.2) is 8.42 Å². The summed E-state index contributed by atoms with van der Waals surface area (Å²) in [4.78, 5) is 25.4. The summed E-state index contributed by atoms with van der Waals surface area (Å²) in [5, 5.41) is 6.07. The number of carbonyl (C=O) groups excluding carboxylic acids is 2. The van der Waals surface area contributed by atoms with E-state index >= 15 is 0 Å². The molecular weight excluding hydrogens is 462 g/mol. The Morgan fingerprint density at radius 3 is 2.18 bits per heavy atom. The third-order valence-corrected chi connectivity index (χ3v) is 5.70. The zero-order chi connectivity index (χ0) is 23.8. The van der Waals surface area contributed by atoms with Crippen molar-refractivity contribution in [1.29, 1.82) is 0 Å². The highest BCUT2D eigenvalue weighted by Crippen LogP contribution is 2.20. The molecule has 0 bridgehead atoms. The molecule has 0 fully saturated rings. The van der Waals surface area contributed by atoms with Gasteiger partial charge in [0.1, 0.15) is 0 Å². The molecule has 0 aliphatic rings. The van der Waals surface area contributed by atoms with Gasteiger partial charge in [0.05, 0.1) is 29.3 Å². The molecule has 33 heavy (non-hydrogen) atoms. The van der Waals surface area contributed by atoms with E-state index in [9.17, 15) is 18.0 Å². The van der Waals surface area contributed by atoms with Crippen LogP contribution in [-0.2, 0) is 21.4 Å². The number of sulfonamides is 1. The summed E-state index contributed by atoms with van der Waals surface area (Å²) in [5.41, 5.74) is 2.38. The fourth-order valence-corrected chi connectivity index (χ4v) is 3.97. The van der Waals surface area contributed by atoms with Gasteiger partial charge < -0.3 is 10.6 Å². The SMILES string of the molecule is CS(=O)(=O)Nc1ccc(CNC(=O)C[C@@H](NC(=O)c2ccccc2Cl)c2ccccc2)cc1. The second-order valence-electron chi connectivity index (χ2n) is 7.47. The fraction of sp³-hybridized carbons (Fsp3) is 0.167. The van der Waals surface area contributed by atoms with Crippen molar-refractivity contribution in [2.75, 3.05) is 11.0 Å². The average molecular weight is 486 g/mol. The first-order chi connectivity index (χ1) is 15.7. The molecule has 3 rings (SSSR count). The molecule has 0 aromatic heterocycles. The average Bonchev–Trinajstić information content (AvgIpc) is 2.78. The van der Waals surface area contributed by atoms with Gasteiger partial charge in [-0.1, -0.05) is 66.2 Å². The summed E-state index contributed by atoms with van der Waals surface area (Å²) >= 11 is 6.14. The van der Waals surface area contributed by atoms with Crippen molar-refractivity contribution in [3.05, 3.63) is 101 Å². The van der Waals surface area contributed by atoms with E-state index < -0.39 is 16.1 Å². The highest BCUT2D eigenvalue weighted by Gasteiger charge is 2.20. The molecule has 0 radical (unpaired) electrons. The molecular formula is C24H24ClN3O4S. The number of anilines is 1. The lowest BCUT2D eigenvalue weighted by Gasteiger charge is -2.19. The van der Waals surface area contributed by atoms with E-state index in [1.54, 1.807) is 48.5 Å². The molecule has 2 amide bonds. The van der Waals surface area contributed by atoms with Gasteiger partial charge in [-0.15, -0.1) is 0 Å². The Morgan fingerprint density at radius 1 is 0.909 bits per heavy atom. The maximum atomic E-state index is 12.8. The number of amides is 2. The number of halogens is 1. The highest BCUT2D eigenvalue weighted by atomic mass is 35.5. The van der Waals surface area contributed by atoms with Crippen molar-refractivity contribution in [3.63, 3.8) is 0 Å². The highest BCUT2D eigenvalue weighted by molar-refractivity contribution is 7.92. The van der Waals surface area contributed by atoms with Gasteiger partial charge in [0, 0.05) is 12.2 Å². The lowest BCUT2D eigenvalue weighted by molar-refractivity contribution is -0.121. The first kappa shape index (κ1) is 24.3. The van der Waals surface area contributed by atoms with Crippen LogP contribution < -0.4 is 15.4 Å². The normalized spacial score (nSPS) is 11.9. The first-order valence-electron chi connectivity index (χ1n) is 10.1. The zero-order valence-corrected chi connectivity index (χ0v) is 19.5. The van der Waals surface area contributed by atoms with Crippen LogP contribution in [0, 0.1) is 0 Å². The standard InChI is InChI=1S/C24H24ClN3O4S/c1-33(31,32)28-19-13-11-17(12-14-19)16-26-23(29)15-22(18-7-3-2-4-8-18)27-24(30)20-9-5-6-10-21(20)25/h2-14,22,28H,15-16H2,1H3,(H,26,29)(H,27,30)/t22-/m1/s1. The van der Waals surface area contributed by atoms with Crippen LogP contribution in [0.15, 0.2) is 78.9 Å². The lowest BCUT2D eigenvalue weighted by Crippen LogP contribution is -2.33. The monoisotopic (exact) mass is 485 g/mol. The van der Waals surface area contributed by atoms with Crippen LogP contribution >= 0.6 is 11.6 Å². The minimum Gasteiger partial charge on any atom is -0.352 e. The summed E-state index contributed by atoms with van der Waals surface area (Å²) < 4.78 is 25.0. The minimum atomic E-state index is -3.35. The topological polar surface area (TPSA) is 104 Å². The second kappa shape index (κ2) is 11.0. The van der Waals surface area contributed by atoms with Crippen molar-refractivity contribution in [3.8, 4) is 0 Å². The van der Waals surface area contributed by atoms with Crippen molar-refractivity contribution in [1.82, 2.24) is 10.6 Å². The zero-order valence-electron chi connectivity index (χ0n) is 17.9. The Kier molecular flexibility index (Phi) is 8.08. The molecule has 3 aromatic carbocycles. The van der Waals surface area contributed by atoms with Crippen LogP contribution in [0.25, 0.3) is 0 Å². The quantitative estimate of drug-likeness (QED) is 0.427. The molecule has 3 aromatic rings. The smallest absolute Gasteiger partial charge is 0.253 e. The molecule has 172 valence electrons. The Labute approximate surface area is 198 Å². The predicted molar refractivity (Wildman–Crippen MR) is 129 cm³/mol. The molecule has 1 atom stereocenters. The van der Waals surface area contributed by atoms with E-state index in [0.29, 0.717) is 16.3 Å². The summed E-state index contributed by atoms with van der Waals surface area (Å²) in [6.45, 7) is 0.262. The second-order valence-corrected chi connectivity index (χ2v) is 9.62. The largest absolute Gasteiger partial charge is 0.352 e. The van der Waals surface area contributed by atoms with E-state index in [-0.39, 0.29) is 24.8 Å². The number of hydrogen-bond donors (Lipinski definition) is 3. The Balaban J connectivity index is 1.64. The Morgan fingerprint density at radius 2 is 1.55 bits per heavy atom. The number of rotatable bonds is 9. The molecule has 9 heteroatoms. The van der Waals surface area contributed by atoms with Gasteiger partial charge in [-0.2, -0.15) is 0 Å². The number of hydrogen-bond acceptors (Lipinski definition) is 4. The molecule has 0 aliphatic carbocycles. The third-order valence-electron chi connectivity index (χ3n) is 4.76. The predicted octanol–water partition coefficient (Wildman–Crippen LogP) is 3.89. The molecule has 0 saturated heterocycles. The number of nitrogens with one attached hydrogen (secondary N) is 3. The van der Waals surface area contributed by atoms with Gasteiger partial charge in [0.15, 0.2) is 0 Å². The van der Waals surface area contributed by atoms with Crippen molar-refractivity contribution in [2.45, 2.75) is 19.0 Å². The number of carbonyl (C=O) groups is 2. The van der Waals surface area contributed by atoms with Gasteiger partial charge in [-0.05, 0) is 35.4 Å². The van der Waals surface area contributed by atoms with Gasteiger partial charge in [0.2, 0.25) is 15.9 Å². The first-order valence-corrected chi connectivity index (χ1v) is 12.4. The van der Waals surface area contributed by atoms with Crippen LogP contribution in [-0.4, -0.2) is 26.5 Å². The van der Waals surface area contributed by atoms with Crippen LogP contribution in [0.4, 0.5) is 5.69 Å². The molecule has 0 spiro atoms. The van der Waals surface area contributed by atoms with Crippen molar-refractivity contribution >= 4 is 39.1 Å². The fourth-order valence-electron chi connectivity index (χ4n) is 3.18. The Hall–Kier alpha value is -3.36. The van der Waals surface area contributed by atoms with E-state index in [0.717, 1.165) is 17.4 Å². The van der Waals surface area contributed by atoms with E-state index in [1.165, 1.54) is 0 Å². The van der Waals surface area contributed by atoms with Crippen LogP contribution in [0.5, 0.6) is 0 Å². The van der Waals surface area contributed by atoms with E-state index in [2.05, 4.69) is 15.4 Å². The summed E-state index contributed by atoms with van der Waals surface area (Å²) in [5.74, 6) is -0.613. The number of benzene rings is 3. The van der Waals surface area contributed by atoms with E-state index in [1.807, 2.05) is 30.3 Å². The van der Waals surface area contributed by atoms with Gasteiger partial charge >= 0.3 is 0 Å². The molecule has 3 N–H and O–H groups in total. The summed E-state index contributed by atoms with van der Waals surface area (Å²) in [6, 6.07) is 22.1. The minimum absolute atomic E-state index is 0.0356. The van der Waals surface area contributed by atoms with Crippen molar-refractivity contribution in [2.24, 2.45) is 0 Å². The van der Waals surface area contributed by atoms with Gasteiger partial charge in [0.25, 0.3) is 5.91 Å². The molecule has 0 aliphatic heterocycles. The summed E-state index contributed by atoms with van der Waals surface area (Å²) in [6.07, 6.45) is 1.11. The lowest BCUT2D eigenvalue weighted by atomic mass is 10.0. The molecule has 0 heterocycles.